The Morgan fingerprint density at radius 3 is 1.18 bits per heavy atom. The number of hydrogen-bond donors (Lipinski definition) is 0. The minimum Gasteiger partial charge on any atom is -0.208 e. The van der Waals surface area contributed by atoms with Gasteiger partial charge in [-0.2, -0.15) is 0 Å². The summed E-state index contributed by atoms with van der Waals surface area (Å²) in [7, 11) is 0. The van der Waals surface area contributed by atoms with Crippen LogP contribution in [0.2, 0.25) is 0 Å². The van der Waals surface area contributed by atoms with E-state index in [0.717, 1.165) is 53.5 Å². The molecule has 0 unspecified atom stereocenters. The Bertz CT molecular complexity index is 1660. The van der Waals surface area contributed by atoms with Crippen molar-refractivity contribution in [3.63, 3.8) is 0 Å². The SMILES string of the molecule is Cc1c(Br)cc(-c2nc(-c3cccc(-c4ccccc4)c3)nc(-c3cccc(-c4ccccc4)c3)n2)cc1Br. The van der Waals surface area contributed by atoms with Crippen LogP contribution in [0.4, 0.5) is 0 Å². The van der Waals surface area contributed by atoms with E-state index in [-0.39, 0.29) is 0 Å². The first-order valence-electron chi connectivity index (χ1n) is 12.6. The molecule has 1 aromatic heterocycles. The molecule has 3 nitrogen and oxygen atoms in total. The average Bonchev–Trinajstić information content (AvgIpc) is 3.00. The van der Waals surface area contributed by atoms with Crippen LogP contribution in [0.5, 0.6) is 0 Å². The van der Waals surface area contributed by atoms with Crippen LogP contribution in [-0.4, -0.2) is 15.0 Å². The highest BCUT2D eigenvalue weighted by Crippen LogP contribution is 2.33. The number of benzene rings is 5. The molecule has 0 saturated carbocycles. The first-order chi connectivity index (χ1) is 19.0. The molecule has 5 heteroatoms. The van der Waals surface area contributed by atoms with Crippen LogP contribution in [0.25, 0.3) is 56.4 Å². The van der Waals surface area contributed by atoms with Gasteiger partial charge in [0.05, 0.1) is 0 Å². The molecule has 0 aliphatic carbocycles. The van der Waals surface area contributed by atoms with Gasteiger partial charge >= 0.3 is 0 Å². The van der Waals surface area contributed by atoms with Crippen LogP contribution < -0.4 is 0 Å². The second-order valence-corrected chi connectivity index (χ2v) is 11.0. The Labute approximate surface area is 244 Å². The summed E-state index contributed by atoms with van der Waals surface area (Å²) < 4.78 is 1.99. The third kappa shape index (κ3) is 5.47. The zero-order chi connectivity index (χ0) is 26.8. The Kier molecular flexibility index (Phi) is 7.18. The topological polar surface area (TPSA) is 38.7 Å². The van der Waals surface area contributed by atoms with Crippen LogP contribution in [0.15, 0.2) is 130 Å². The van der Waals surface area contributed by atoms with Crippen LogP contribution in [-0.2, 0) is 0 Å². The van der Waals surface area contributed by atoms with E-state index in [2.05, 4.69) is 124 Å². The average molecular weight is 633 g/mol. The third-order valence-electron chi connectivity index (χ3n) is 6.63. The Morgan fingerprint density at radius 1 is 0.385 bits per heavy atom. The zero-order valence-electron chi connectivity index (χ0n) is 21.1. The van der Waals surface area contributed by atoms with Gasteiger partial charge in [-0.3, -0.25) is 0 Å². The maximum atomic E-state index is 4.99. The van der Waals surface area contributed by atoms with Crippen LogP contribution >= 0.6 is 31.9 Å². The normalized spacial score (nSPS) is 10.9. The fraction of sp³-hybridized carbons (Fsp3) is 0.0294. The molecule has 0 N–H and O–H groups in total. The largest absolute Gasteiger partial charge is 0.208 e. The summed E-state index contributed by atoms with van der Waals surface area (Å²) >= 11 is 7.38. The van der Waals surface area contributed by atoms with Crippen LogP contribution in [0.1, 0.15) is 5.56 Å². The van der Waals surface area contributed by atoms with Crippen molar-refractivity contribution in [1.82, 2.24) is 15.0 Å². The monoisotopic (exact) mass is 631 g/mol. The van der Waals surface area contributed by atoms with E-state index in [1.807, 2.05) is 36.4 Å². The van der Waals surface area contributed by atoms with E-state index in [4.69, 9.17) is 15.0 Å². The van der Waals surface area contributed by atoms with Gasteiger partial charge in [0.25, 0.3) is 0 Å². The number of hydrogen-bond acceptors (Lipinski definition) is 3. The van der Waals surface area contributed by atoms with E-state index in [1.54, 1.807) is 0 Å². The number of nitrogens with zero attached hydrogens (tertiary/aromatic N) is 3. The number of aromatic nitrogens is 3. The molecule has 0 fully saturated rings. The maximum absolute atomic E-state index is 4.99. The third-order valence-corrected chi connectivity index (χ3v) is 8.28. The highest BCUT2D eigenvalue weighted by atomic mass is 79.9. The van der Waals surface area contributed by atoms with E-state index < -0.39 is 0 Å². The quantitative estimate of drug-likeness (QED) is 0.190. The lowest BCUT2D eigenvalue weighted by Gasteiger charge is -2.12. The predicted octanol–water partition coefficient (Wildman–Crippen LogP) is 10.0. The van der Waals surface area contributed by atoms with E-state index in [1.165, 1.54) is 0 Å². The molecule has 0 amide bonds. The Balaban J connectivity index is 1.53. The fourth-order valence-corrected chi connectivity index (χ4v) is 5.66. The molecule has 0 bridgehead atoms. The first-order valence-corrected chi connectivity index (χ1v) is 14.2. The second kappa shape index (κ2) is 11.0. The summed E-state index contributed by atoms with van der Waals surface area (Å²) in [5.74, 6) is 1.88. The van der Waals surface area contributed by atoms with Gasteiger partial charge in [-0.25, -0.2) is 15.0 Å². The molecule has 0 radical (unpaired) electrons. The Morgan fingerprint density at radius 2 is 0.744 bits per heavy atom. The molecule has 1 heterocycles. The van der Waals surface area contributed by atoms with E-state index >= 15 is 0 Å². The summed E-state index contributed by atoms with van der Waals surface area (Å²) in [6, 6.07) is 41.5. The summed E-state index contributed by atoms with van der Waals surface area (Å²) in [6.45, 7) is 2.06. The van der Waals surface area contributed by atoms with Crippen molar-refractivity contribution in [2.45, 2.75) is 6.92 Å². The van der Waals surface area contributed by atoms with E-state index in [9.17, 15) is 0 Å². The summed E-state index contributed by atoms with van der Waals surface area (Å²) in [5.41, 5.74) is 8.43. The highest BCUT2D eigenvalue weighted by molar-refractivity contribution is 9.11. The zero-order valence-corrected chi connectivity index (χ0v) is 24.3. The van der Waals surface area contributed by atoms with Crippen molar-refractivity contribution in [2.75, 3.05) is 0 Å². The summed E-state index contributed by atoms with van der Waals surface area (Å²) in [4.78, 5) is 14.9. The molecule has 0 spiro atoms. The lowest BCUT2D eigenvalue weighted by molar-refractivity contribution is 1.07. The molecule has 5 aromatic carbocycles. The van der Waals surface area contributed by atoms with Gasteiger partial charge in [0, 0.05) is 25.6 Å². The molecule has 0 atom stereocenters. The van der Waals surface area contributed by atoms with Crippen molar-refractivity contribution in [3.8, 4) is 56.4 Å². The minimum absolute atomic E-state index is 0.617. The predicted molar refractivity (Wildman–Crippen MR) is 167 cm³/mol. The second-order valence-electron chi connectivity index (χ2n) is 9.26. The van der Waals surface area contributed by atoms with Gasteiger partial charge in [0.15, 0.2) is 17.5 Å². The summed E-state index contributed by atoms with van der Waals surface area (Å²) in [5, 5.41) is 0. The lowest BCUT2D eigenvalue weighted by Crippen LogP contribution is -2.01. The van der Waals surface area contributed by atoms with Crippen LogP contribution in [0.3, 0.4) is 0 Å². The molecule has 188 valence electrons. The Hall–Kier alpha value is -3.93. The number of halogens is 2. The molecule has 6 rings (SSSR count). The van der Waals surface area contributed by atoms with Crippen molar-refractivity contribution in [3.05, 3.63) is 136 Å². The summed E-state index contributed by atoms with van der Waals surface area (Å²) in [6.07, 6.45) is 0. The molecule has 39 heavy (non-hydrogen) atoms. The molecule has 0 aliphatic rings. The molecule has 0 saturated heterocycles. The van der Waals surface area contributed by atoms with Gasteiger partial charge in [-0.1, -0.05) is 129 Å². The van der Waals surface area contributed by atoms with Crippen molar-refractivity contribution < 1.29 is 0 Å². The van der Waals surface area contributed by atoms with Gasteiger partial charge in [-0.15, -0.1) is 0 Å². The smallest absolute Gasteiger partial charge is 0.164 e. The maximum Gasteiger partial charge on any atom is 0.164 e. The molecular formula is C34H23Br2N3. The van der Waals surface area contributed by atoms with Gasteiger partial charge < -0.3 is 0 Å². The molecular weight excluding hydrogens is 610 g/mol. The molecule has 6 aromatic rings. The van der Waals surface area contributed by atoms with Gasteiger partial charge in [0.1, 0.15) is 0 Å². The van der Waals surface area contributed by atoms with Crippen molar-refractivity contribution in [2.24, 2.45) is 0 Å². The standard InChI is InChI=1S/C34H23Br2N3/c1-22-30(35)20-29(21-31(22)36)34-38-32(27-16-8-14-25(18-27)23-10-4-2-5-11-23)37-33(39-34)28-17-9-15-26(19-28)24-12-6-3-7-13-24/h2-21H,1H3. The highest BCUT2D eigenvalue weighted by Gasteiger charge is 2.15. The van der Waals surface area contributed by atoms with Gasteiger partial charge in [-0.05, 0) is 59.0 Å². The lowest BCUT2D eigenvalue weighted by atomic mass is 10.0. The van der Waals surface area contributed by atoms with Crippen molar-refractivity contribution >= 4 is 31.9 Å². The molecule has 0 aliphatic heterocycles. The van der Waals surface area contributed by atoms with Gasteiger partial charge in [0.2, 0.25) is 0 Å². The van der Waals surface area contributed by atoms with Crippen LogP contribution in [0, 0.1) is 6.92 Å². The fourth-order valence-electron chi connectivity index (χ4n) is 4.47. The van der Waals surface area contributed by atoms with Crippen molar-refractivity contribution in [1.29, 1.82) is 0 Å². The minimum atomic E-state index is 0.617. The van der Waals surface area contributed by atoms with E-state index in [0.29, 0.717) is 17.5 Å². The first kappa shape index (κ1) is 25.4. The number of rotatable bonds is 5.